The highest BCUT2D eigenvalue weighted by molar-refractivity contribution is 7.13. The molecule has 5 nitrogen and oxygen atoms in total. The van der Waals surface area contributed by atoms with Gasteiger partial charge in [-0.25, -0.2) is 4.39 Å². The molecular formula is C19H18FN3O2S. The van der Waals surface area contributed by atoms with Crippen LogP contribution in [0.3, 0.4) is 0 Å². The zero-order chi connectivity index (χ0) is 18.1. The highest BCUT2D eigenvalue weighted by Crippen LogP contribution is 2.43. The molecule has 1 atom stereocenters. The number of carbonyl (C=O) groups excluding carboxylic acids is 1. The van der Waals surface area contributed by atoms with Crippen molar-refractivity contribution in [1.29, 1.82) is 0 Å². The molecule has 1 amide bonds. The predicted molar refractivity (Wildman–Crippen MR) is 97.7 cm³/mol. The Morgan fingerprint density at radius 1 is 1.31 bits per heavy atom. The van der Waals surface area contributed by atoms with E-state index in [9.17, 15) is 9.18 Å². The molecule has 0 aliphatic carbocycles. The number of amides is 1. The summed E-state index contributed by atoms with van der Waals surface area (Å²) in [5, 5.41) is 9.30. The van der Waals surface area contributed by atoms with Crippen molar-refractivity contribution in [2.45, 2.75) is 12.5 Å². The Kier molecular flexibility index (Phi) is 4.57. The highest BCUT2D eigenvalue weighted by Gasteiger charge is 2.42. The van der Waals surface area contributed by atoms with Crippen LogP contribution in [0, 0.1) is 5.82 Å². The molecule has 7 heteroatoms. The van der Waals surface area contributed by atoms with Gasteiger partial charge in [-0.1, -0.05) is 18.2 Å². The maximum Gasteiger partial charge on any atom is 0.275 e. The van der Waals surface area contributed by atoms with Gasteiger partial charge >= 0.3 is 0 Å². The SMILES string of the molecule is COCCCN1C(=O)c2n[nH]c(-c3cccs3)c2C1c1ccc(F)cc1. The number of H-pyrrole nitrogens is 1. The molecule has 2 aromatic heterocycles. The van der Waals surface area contributed by atoms with Gasteiger partial charge in [-0.3, -0.25) is 9.89 Å². The summed E-state index contributed by atoms with van der Waals surface area (Å²) in [5.41, 5.74) is 3.03. The molecular weight excluding hydrogens is 353 g/mol. The van der Waals surface area contributed by atoms with Crippen LogP contribution < -0.4 is 0 Å². The third kappa shape index (κ3) is 2.83. The summed E-state index contributed by atoms with van der Waals surface area (Å²) < 4.78 is 18.5. The standard InChI is InChI=1S/C19H18FN3O2S/c1-25-10-3-9-23-18(12-5-7-13(20)8-6-12)15-16(14-4-2-11-26-14)21-22-17(15)19(23)24/h2,4-8,11,18H,3,9-10H2,1H3,(H,21,22). The first-order valence-corrected chi connectivity index (χ1v) is 9.26. The second-order valence-corrected chi connectivity index (χ2v) is 7.08. The Bertz CT molecular complexity index is 906. The van der Waals surface area contributed by atoms with Crippen LogP contribution in [0.1, 0.15) is 34.1 Å². The fourth-order valence-corrected chi connectivity index (χ4v) is 4.13. The zero-order valence-electron chi connectivity index (χ0n) is 14.2. The van der Waals surface area contributed by atoms with Crippen LogP contribution in [0.25, 0.3) is 10.6 Å². The van der Waals surface area contributed by atoms with E-state index in [2.05, 4.69) is 10.2 Å². The van der Waals surface area contributed by atoms with E-state index in [1.165, 1.54) is 12.1 Å². The minimum Gasteiger partial charge on any atom is -0.385 e. The summed E-state index contributed by atoms with van der Waals surface area (Å²) >= 11 is 1.59. The molecule has 3 aromatic rings. The lowest BCUT2D eigenvalue weighted by atomic mass is 9.98. The third-order valence-corrected chi connectivity index (χ3v) is 5.44. The highest BCUT2D eigenvalue weighted by atomic mass is 32.1. The summed E-state index contributed by atoms with van der Waals surface area (Å²) in [4.78, 5) is 15.8. The molecule has 1 aromatic carbocycles. The van der Waals surface area contributed by atoms with Crippen LogP contribution in [-0.2, 0) is 4.74 Å². The lowest BCUT2D eigenvalue weighted by molar-refractivity contribution is 0.0723. The van der Waals surface area contributed by atoms with Gasteiger partial charge < -0.3 is 9.64 Å². The van der Waals surface area contributed by atoms with Crippen LogP contribution in [0.2, 0.25) is 0 Å². The summed E-state index contributed by atoms with van der Waals surface area (Å²) in [7, 11) is 1.64. The molecule has 1 unspecified atom stereocenters. The van der Waals surface area contributed by atoms with E-state index in [1.807, 2.05) is 17.5 Å². The monoisotopic (exact) mass is 371 g/mol. The normalized spacial score (nSPS) is 16.3. The second-order valence-electron chi connectivity index (χ2n) is 6.14. The summed E-state index contributed by atoms with van der Waals surface area (Å²) in [6.45, 7) is 1.12. The quantitative estimate of drug-likeness (QED) is 0.670. The molecule has 3 heterocycles. The average Bonchev–Trinajstić information content (AvgIpc) is 3.35. The number of nitrogens with one attached hydrogen (secondary N) is 1. The minimum absolute atomic E-state index is 0.107. The van der Waals surface area contributed by atoms with Crippen LogP contribution in [-0.4, -0.2) is 41.3 Å². The van der Waals surface area contributed by atoms with E-state index in [-0.39, 0.29) is 17.8 Å². The number of methoxy groups -OCH3 is 1. The Morgan fingerprint density at radius 3 is 2.81 bits per heavy atom. The first-order valence-electron chi connectivity index (χ1n) is 8.38. The van der Waals surface area contributed by atoms with Crippen molar-refractivity contribution in [1.82, 2.24) is 15.1 Å². The van der Waals surface area contributed by atoms with Crippen molar-refractivity contribution in [3.63, 3.8) is 0 Å². The largest absolute Gasteiger partial charge is 0.385 e. The number of ether oxygens (including phenoxy) is 1. The van der Waals surface area contributed by atoms with Gasteiger partial charge in [0.15, 0.2) is 5.69 Å². The number of hydrogen-bond donors (Lipinski definition) is 1. The van der Waals surface area contributed by atoms with Gasteiger partial charge in [0, 0.05) is 25.8 Å². The van der Waals surface area contributed by atoms with E-state index < -0.39 is 0 Å². The molecule has 1 aliphatic rings. The first kappa shape index (κ1) is 16.9. The Hall–Kier alpha value is -2.51. The summed E-state index contributed by atoms with van der Waals surface area (Å²) in [5.74, 6) is -0.403. The lowest BCUT2D eigenvalue weighted by Crippen LogP contribution is -2.31. The van der Waals surface area contributed by atoms with Crippen LogP contribution in [0.5, 0.6) is 0 Å². The van der Waals surface area contributed by atoms with Crippen LogP contribution in [0.4, 0.5) is 4.39 Å². The molecule has 0 bridgehead atoms. The van der Waals surface area contributed by atoms with Crippen molar-refractivity contribution in [3.05, 3.63) is 64.4 Å². The number of nitrogens with zero attached hydrogens (tertiary/aromatic N) is 2. The van der Waals surface area contributed by atoms with E-state index in [4.69, 9.17) is 4.74 Å². The number of aromatic amines is 1. The average molecular weight is 371 g/mol. The Morgan fingerprint density at radius 2 is 2.12 bits per heavy atom. The van der Waals surface area contributed by atoms with Crippen molar-refractivity contribution in [2.24, 2.45) is 0 Å². The summed E-state index contributed by atoms with van der Waals surface area (Å²) in [6, 6.07) is 10.00. The van der Waals surface area contributed by atoms with Crippen molar-refractivity contribution in [3.8, 4) is 10.6 Å². The van der Waals surface area contributed by atoms with Crippen molar-refractivity contribution >= 4 is 17.2 Å². The number of carbonyl (C=O) groups is 1. The number of rotatable bonds is 6. The van der Waals surface area contributed by atoms with Gasteiger partial charge in [-0.2, -0.15) is 5.10 Å². The number of fused-ring (bicyclic) bond motifs is 1. The predicted octanol–water partition coefficient (Wildman–Crippen LogP) is 3.86. The van der Waals surface area contributed by atoms with Gasteiger partial charge in [0.25, 0.3) is 5.91 Å². The topological polar surface area (TPSA) is 58.2 Å². The molecule has 0 saturated heterocycles. The van der Waals surface area contributed by atoms with Gasteiger partial charge in [0.1, 0.15) is 5.82 Å². The van der Waals surface area contributed by atoms with Crippen molar-refractivity contribution < 1.29 is 13.9 Å². The molecule has 1 N–H and O–H groups in total. The fraction of sp³-hybridized carbons (Fsp3) is 0.263. The molecule has 4 rings (SSSR count). The van der Waals surface area contributed by atoms with Gasteiger partial charge in [-0.05, 0) is 35.6 Å². The van der Waals surface area contributed by atoms with Gasteiger partial charge in [-0.15, -0.1) is 11.3 Å². The molecule has 0 saturated carbocycles. The van der Waals surface area contributed by atoms with E-state index in [0.29, 0.717) is 18.8 Å². The first-order chi connectivity index (χ1) is 12.7. The molecule has 0 spiro atoms. The maximum absolute atomic E-state index is 13.4. The maximum atomic E-state index is 13.4. The molecule has 0 fully saturated rings. The second kappa shape index (κ2) is 7.01. The number of halogens is 1. The van der Waals surface area contributed by atoms with Gasteiger partial charge in [0.2, 0.25) is 0 Å². The van der Waals surface area contributed by atoms with Crippen molar-refractivity contribution in [2.75, 3.05) is 20.3 Å². The van der Waals surface area contributed by atoms with Gasteiger partial charge in [0.05, 0.1) is 16.6 Å². The number of aromatic nitrogens is 2. The lowest BCUT2D eigenvalue weighted by Gasteiger charge is -2.26. The summed E-state index contributed by atoms with van der Waals surface area (Å²) in [6.07, 6.45) is 0.724. The van der Waals surface area contributed by atoms with E-state index in [0.717, 1.165) is 28.1 Å². The fourth-order valence-electron chi connectivity index (χ4n) is 3.40. The van der Waals surface area contributed by atoms with E-state index in [1.54, 1.807) is 35.5 Å². The number of hydrogen-bond acceptors (Lipinski definition) is 4. The third-order valence-electron chi connectivity index (χ3n) is 4.55. The minimum atomic E-state index is -0.296. The molecule has 0 radical (unpaired) electrons. The molecule has 1 aliphatic heterocycles. The van der Waals surface area contributed by atoms with E-state index >= 15 is 0 Å². The number of benzene rings is 1. The Balaban J connectivity index is 1.80. The Labute approximate surface area is 154 Å². The molecule has 134 valence electrons. The molecule has 26 heavy (non-hydrogen) atoms. The van der Waals surface area contributed by atoms with Crippen LogP contribution >= 0.6 is 11.3 Å². The smallest absolute Gasteiger partial charge is 0.275 e. The number of thiophene rings is 1. The zero-order valence-corrected chi connectivity index (χ0v) is 15.1. The van der Waals surface area contributed by atoms with Crippen LogP contribution in [0.15, 0.2) is 41.8 Å².